The zero-order valence-electron chi connectivity index (χ0n) is 16.3. The first kappa shape index (κ1) is 19.8. The van der Waals surface area contributed by atoms with Crippen LogP contribution in [0.4, 0.5) is 11.4 Å². The van der Waals surface area contributed by atoms with Gasteiger partial charge in [0.25, 0.3) is 5.91 Å². The number of ether oxygens (including phenoxy) is 1. The SMILES string of the molecule is CCN(CC)c1ccc(NC(=O)c2sc(COc3cccnc3)nc2C)cc1. The van der Waals surface area contributed by atoms with Crippen LogP contribution in [0.5, 0.6) is 5.75 Å². The summed E-state index contributed by atoms with van der Waals surface area (Å²) in [5, 5.41) is 3.70. The molecule has 0 spiro atoms. The van der Waals surface area contributed by atoms with Crippen molar-refractivity contribution in [3.63, 3.8) is 0 Å². The number of carbonyl (C=O) groups excluding carboxylic acids is 1. The Hall–Kier alpha value is -2.93. The Morgan fingerprint density at radius 3 is 2.57 bits per heavy atom. The van der Waals surface area contributed by atoms with E-state index in [2.05, 4.69) is 34.0 Å². The summed E-state index contributed by atoms with van der Waals surface area (Å²) in [6.07, 6.45) is 3.34. The van der Waals surface area contributed by atoms with Gasteiger partial charge in [-0.15, -0.1) is 11.3 Å². The molecule has 2 heterocycles. The fourth-order valence-corrected chi connectivity index (χ4v) is 3.71. The third-order valence-corrected chi connectivity index (χ3v) is 5.43. The maximum atomic E-state index is 12.7. The highest BCUT2D eigenvalue weighted by atomic mass is 32.1. The second kappa shape index (κ2) is 9.32. The smallest absolute Gasteiger partial charge is 0.267 e. The van der Waals surface area contributed by atoms with Gasteiger partial charge >= 0.3 is 0 Å². The summed E-state index contributed by atoms with van der Waals surface area (Å²) in [5.41, 5.74) is 2.61. The number of aryl methyl sites for hydroxylation is 1. The number of hydrogen-bond acceptors (Lipinski definition) is 6. The molecule has 0 aliphatic carbocycles. The van der Waals surface area contributed by atoms with E-state index in [-0.39, 0.29) is 5.91 Å². The molecule has 1 aromatic carbocycles. The molecule has 0 bridgehead atoms. The fourth-order valence-electron chi connectivity index (χ4n) is 2.83. The number of aromatic nitrogens is 2. The summed E-state index contributed by atoms with van der Waals surface area (Å²) in [6.45, 7) is 8.30. The van der Waals surface area contributed by atoms with Crippen LogP contribution in [0.3, 0.4) is 0 Å². The molecule has 6 nitrogen and oxygen atoms in total. The molecule has 1 N–H and O–H groups in total. The van der Waals surface area contributed by atoms with Crippen LogP contribution in [0.1, 0.15) is 34.2 Å². The number of nitrogens with zero attached hydrogens (tertiary/aromatic N) is 3. The van der Waals surface area contributed by atoms with Crippen LogP contribution in [-0.2, 0) is 6.61 Å². The summed E-state index contributed by atoms with van der Waals surface area (Å²) in [7, 11) is 0. The van der Waals surface area contributed by atoms with Gasteiger partial charge < -0.3 is 15.0 Å². The summed E-state index contributed by atoms with van der Waals surface area (Å²) < 4.78 is 5.66. The second-order valence-electron chi connectivity index (χ2n) is 6.17. The lowest BCUT2D eigenvalue weighted by molar-refractivity contribution is 0.103. The van der Waals surface area contributed by atoms with Crippen LogP contribution < -0.4 is 15.0 Å². The first-order valence-electron chi connectivity index (χ1n) is 9.26. The van der Waals surface area contributed by atoms with E-state index in [0.29, 0.717) is 22.9 Å². The molecule has 0 saturated carbocycles. The van der Waals surface area contributed by atoms with Crippen LogP contribution in [-0.4, -0.2) is 29.0 Å². The van der Waals surface area contributed by atoms with Crippen molar-refractivity contribution in [1.29, 1.82) is 0 Å². The molecular weight excluding hydrogens is 372 g/mol. The van der Waals surface area contributed by atoms with E-state index in [0.717, 1.165) is 29.5 Å². The summed E-state index contributed by atoms with van der Waals surface area (Å²) in [5.74, 6) is 0.521. The van der Waals surface area contributed by atoms with Gasteiger partial charge in [-0.2, -0.15) is 0 Å². The Kier molecular flexibility index (Phi) is 6.60. The number of pyridine rings is 1. The molecule has 0 aliphatic rings. The molecule has 0 atom stereocenters. The number of hydrogen-bond donors (Lipinski definition) is 1. The molecule has 7 heteroatoms. The molecule has 0 fully saturated rings. The fraction of sp³-hybridized carbons (Fsp3) is 0.286. The van der Waals surface area contributed by atoms with Crippen molar-refractivity contribution in [1.82, 2.24) is 9.97 Å². The van der Waals surface area contributed by atoms with Gasteiger partial charge in [0.15, 0.2) is 0 Å². The van der Waals surface area contributed by atoms with Crippen LogP contribution >= 0.6 is 11.3 Å². The first-order valence-corrected chi connectivity index (χ1v) is 10.1. The van der Waals surface area contributed by atoms with Crippen molar-refractivity contribution in [2.45, 2.75) is 27.4 Å². The van der Waals surface area contributed by atoms with Crippen molar-refractivity contribution in [2.75, 3.05) is 23.3 Å². The van der Waals surface area contributed by atoms with Gasteiger partial charge in [-0.05, 0) is 57.2 Å². The third-order valence-electron chi connectivity index (χ3n) is 4.30. The second-order valence-corrected chi connectivity index (χ2v) is 7.26. The van der Waals surface area contributed by atoms with E-state index in [1.807, 2.05) is 43.3 Å². The zero-order chi connectivity index (χ0) is 19.9. The van der Waals surface area contributed by atoms with E-state index < -0.39 is 0 Å². The molecule has 1 amide bonds. The molecule has 3 rings (SSSR count). The predicted octanol–water partition coefficient (Wildman–Crippen LogP) is 4.52. The largest absolute Gasteiger partial charge is 0.485 e. The topological polar surface area (TPSA) is 67.4 Å². The van der Waals surface area contributed by atoms with Gasteiger partial charge in [-0.1, -0.05) is 0 Å². The third kappa shape index (κ3) is 4.86. The number of rotatable bonds is 8. The molecule has 3 aromatic rings. The number of amides is 1. The molecule has 2 aromatic heterocycles. The molecule has 146 valence electrons. The lowest BCUT2D eigenvalue weighted by Crippen LogP contribution is -2.21. The minimum atomic E-state index is -0.154. The maximum Gasteiger partial charge on any atom is 0.267 e. The minimum absolute atomic E-state index is 0.154. The van der Waals surface area contributed by atoms with Crippen molar-refractivity contribution in [3.8, 4) is 5.75 Å². The normalized spacial score (nSPS) is 10.5. The highest BCUT2D eigenvalue weighted by molar-refractivity contribution is 7.13. The predicted molar refractivity (Wildman–Crippen MR) is 113 cm³/mol. The Labute approximate surface area is 169 Å². The standard InChI is InChI=1S/C21H24N4O2S/c1-4-25(5-2)17-10-8-16(9-11-17)24-21(26)20-15(3)23-19(28-20)14-27-18-7-6-12-22-13-18/h6-13H,4-5,14H2,1-3H3,(H,24,26). The van der Waals surface area contributed by atoms with Gasteiger partial charge in [0, 0.05) is 30.7 Å². The van der Waals surface area contributed by atoms with E-state index in [1.165, 1.54) is 11.3 Å². The Morgan fingerprint density at radius 1 is 1.18 bits per heavy atom. The minimum Gasteiger partial charge on any atom is -0.485 e. The van der Waals surface area contributed by atoms with E-state index in [1.54, 1.807) is 12.4 Å². The van der Waals surface area contributed by atoms with Crippen molar-refractivity contribution < 1.29 is 9.53 Å². The van der Waals surface area contributed by atoms with Gasteiger partial charge in [0.1, 0.15) is 22.2 Å². The summed E-state index contributed by atoms with van der Waals surface area (Å²) in [4.78, 5) is 24.0. The van der Waals surface area contributed by atoms with Gasteiger partial charge in [0.2, 0.25) is 0 Å². The van der Waals surface area contributed by atoms with Crippen LogP contribution in [0.2, 0.25) is 0 Å². The molecule has 28 heavy (non-hydrogen) atoms. The van der Waals surface area contributed by atoms with Crippen molar-refractivity contribution >= 4 is 28.6 Å². The highest BCUT2D eigenvalue weighted by Gasteiger charge is 2.16. The van der Waals surface area contributed by atoms with Crippen LogP contribution in [0.25, 0.3) is 0 Å². The Bertz CT molecular complexity index is 906. The van der Waals surface area contributed by atoms with Crippen molar-refractivity contribution in [3.05, 3.63) is 64.4 Å². The summed E-state index contributed by atoms with van der Waals surface area (Å²) in [6, 6.07) is 11.5. The van der Waals surface area contributed by atoms with E-state index in [9.17, 15) is 4.79 Å². The number of anilines is 2. The van der Waals surface area contributed by atoms with E-state index >= 15 is 0 Å². The quantitative estimate of drug-likeness (QED) is 0.606. The van der Waals surface area contributed by atoms with Gasteiger partial charge in [-0.25, -0.2) is 4.98 Å². The average Bonchev–Trinajstić information content (AvgIpc) is 3.10. The number of benzene rings is 1. The highest BCUT2D eigenvalue weighted by Crippen LogP contribution is 2.23. The van der Waals surface area contributed by atoms with Crippen molar-refractivity contribution in [2.24, 2.45) is 0 Å². The molecule has 0 aliphatic heterocycles. The lowest BCUT2D eigenvalue weighted by Gasteiger charge is -2.21. The molecule has 0 saturated heterocycles. The number of thiazole rings is 1. The van der Waals surface area contributed by atoms with E-state index in [4.69, 9.17) is 4.74 Å². The number of carbonyl (C=O) groups is 1. The van der Waals surface area contributed by atoms with Gasteiger partial charge in [0.05, 0.1) is 11.9 Å². The Balaban J connectivity index is 1.63. The van der Waals surface area contributed by atoms with Crippen LogP contribution in [0, 0.1) is 6.92 Å². The lowest BCUT2D eigenvalue weighted by atomic mass is 10.2. The molecule has 0 unspecified atom stereocenters. The molecule has 0 radical (unpaired) electrons. The van der Waals surface area contributed by atoms with Gasteiger partial charge in [-0.3, -0.25) is 9.78 Å². The molecular formula is C21H24N4O2S. The zero-order valence-corrected chi connectivity index (χ0v) is 17.1. The monoisotopic (exact) mass is 396 g/mol. The average molecular weight is 397 g/mol. The van der Waals surface area contributed by atoms with Crippen LogP contribution in [0.15, 0.2) is 48.8 Å². The maximum absolute atomic E-state index is 12.7. The Morgan fingerprint density at radius 2 is 1.93 bits per heavy atom. The first-order chi connectivity index (χ1) is 13.6. The number of nitrogens with one attached hydrogen (secondary N) is 1. The summed E-state index contributed by atoms with van der Waals surface area (Å²) >= 11 is 1.34.